The first kappa shape index (κ1) is 25.1. The predicted molar refractivity (Wildman–Crippen MR) is 131 cm³/mol. The van der Waals surface area contributed by atoms with Crippen molar-refractivity contribution in [2.24, 2.45) is 5.92 Å². The van der Waals surface area contributed by atoms with Crippen LogP contribution in [0.4, 0.5) is 5.00 Å². The molecular weight excluding hydrogens is 440 g/mol. The molecule has 0 saturated carbocycles. The third-order valence-electron chi connectivity index (χ3n) is 6.15. The van der Waals surface area contributed by atoms with Crippen LogP contribution in [0.3, 0.4) is 0 Å². The molecule has 0 radical (unpaired) electrons. The van der Waals surface area contributed by atoms with Gasteiger partial charge in [0.1, 0.15) is 5.00 Å². The Bertz CT molecular complexity index is 1000. The molecule has 1 N–H and O–H groups in total. The Morgan fingerprint density at radius 1 is 1.24 bits per heavy atom. The van der Waals surface area contributed by atoms with Crippen LogP contribution in [-0.4, -0.2) is 50.7 Å². The Kier molecular flexibility index (Phi) is 8.37. The number of esters is 1. The third-order valence-corrected chi connectivity index (χ3v) is 7.32. The maximum absolute atomic E-state index is 13.1. The second kappa shape index (κ2) is 11.0. The molecule has 180 valence electrons. The van der Waals surface area contributed by atoms with Gasteiger partial charge < -0.3 is 19.5 Å². The van der Waals surface area contributed by atoms with Gasteiger partial charge >= 0.3 is 5.97 Å². The van der Waals surface area contributed by atoms with E-state index in [0.717, 1.165) is 30.4 Å². The molecule has 0 bridgehead atoms. The van der Waals surface area contributed by atoms with Gasteiger partial charge in [-0.15, -0.1) is 11.3 Å². The lowest BCUT2D eigenvalue weighted by molar-refractivity contribution is -0.120. The van der Waals surface area contributed by atoms with Crippen molar-refractivity contribution >= 4 is 28.2 Å². The van der Waals surface area contributed by atoms with E-state index in [1.54, 1.807) is 21.1 Å². The first-order valence-electron chi connectivity index (χ1n) is 11.3. The molecule has 2 aromatic rings. The summed E-state index contributed by atoms with van der Waals surface area (Å²) < 4.78 is 16.0. The summed E-state index contributed by atoms with van der Waals surface area (Å²) in [6.07, 6.45) is 2.80. The lowest BCUT2D eigenvalue weighted by Gasteiger charge is -2.24. The number of nitrogens with one attached hydrogen (secondary N) is 1. The van der Waals surface area contributed by atoms with Gasteiger partial charge in [-0.1, -0.05) is 13.0 Å². The Morgan fingerprint density at radius 2 is 1.97 bits per heavy atom. The molecule has 0 unspecified atom stereocenters. The molecule has 2 atom stereocenters. The monoisotopic (exact) mass is 474 g/mol. The SMILES string of the molecule is CCOC(=O)c1c(NC(=O)[C@@H](C)N(C)Cc2ccc(OC)c(OC)c2)sc2c1CC[C@H](C)C2. The van der Waals surface area contributed by atoms with Gasteiger partial charge in [0.2, 0.25) is 5.91 Å². The number of carbonyl (C=O) groups is 2. The zero-order valence-corrected chi connectivity index (χ0v) is 21.1. The van der Waals surface area contributed by atoms with Crippen molar-refractivity contribution in [3.63, 3.8) is 0 Å². The first-order valence-corrected chi connectivity index (χ1v) is 12.1. The van der Waals surface area contributed by atoms with Crippen molar-refractivity contribution < 1.29 is 23.8 Å². The van der Waals surface area contributed by atoms with Crippen LogP contribution in [0.15, 0.2) is 18.2 Å². The van der Waals surface area contributed by atoms with Crippen molar-refractivity contribution in [3.05, 3.63) is 39.8 Å². The fraction of sp³-hybridized carbons (Fsp3) is 0.520. The molecule has 1 amide bonds. The number of hydrogen-bond acceptors (Lipinski definition) is 7. The minimum atomic E-state index is -0.411. The van der Waals surface area contributed by atoms with Crippen LogP contribution in [0, 0.1) is 5.92 Å². The number of rotatable bonds is 9. The van der Waals surface area contributed by atoms with Crippen molar-refractivity contribution in [2.75, 3.05) is 33.2 Å². The molecule has 3 rings (SSSR count). The largest absolute Gasteiger partial charge is 0.493 e. The van der Waals surface area contributed by atoms with E-state index in [1.165, 1.54) is 16.2 Å². The molecule has 8 heteroatoms. The van der Waals surface area contributed by atoms with E-state index in [-0.39, 0.29) is 11.9 Å². The first-order chi connectivity index (χ1) is 15.8. The highest BCUT2D eigenvalue weighted by Gasteiger charge is 2.30. The minimum absolute atomic E-state index is 0.157. The number of ether oxygens (including phenoxy) is 3. The molecule has 1 aromatic heterocycles. The smallest absolute Gasteiger partial charge is 0.341 e. The average molecular weight is 475 g/mol. The van der Waals surface area contributed by atoms with Gasteiger partial charge in [0, 0.05) is 11.4 Å². The van der Waals surface area contributed by atoms with Gasteiger partial charge in [-0.25, -0.2) is 4.79 Å². The molecule has 1 aliphatic rings. The lowest BCUT2D eigenvalue weighted by atomic mass is 9.88. The number of likely N-dealkylation sites (N-methyl/N-ethyl adjacent to an activating group) is 1. The fourth-order valence-electron chi connectivity index (χ4n) is 4.08. The average Bonchev–Trinajstić information content (AvgIpc) is 3.15. The van der Waals surface area contributed by atoms with Crippen LogP contribution in [-0.2, 0) is 28.9 Å². The van der Waals surface area contributed by atoms with Gasteiger partial charge in [-0.2, -0.15) is 0 Å². The quantitative estimate of drug-likeness (QED) is 0.538. The fourth-order valence-corrected chi connectivity index (χ4v) is 5.48. The number of thiophene rings is 1. The Labute approximate surface area is 200 Å². The maximum atomic E-state index is 13.1. The van der Waals surface area contributed by atoms with Crippen LogP contribution in [0.25, 0.3) is 0 Å². The summed E-state index contributed by atoms with van der Waals surface area (Å²) in [6.45, 7) is 6.73. The van der Waals surface area contributed by atoms with Gasteiger partial charge in [-0.3, -0.25) is 9.69 Å². The summed E-state index contributed by atoms with van der Waals surface area (Å²) in [6, 6.07) is 5.31. The van der Waals surface area contributed by atoms with Gasteiger partial charge in [0.05, 0.1) is 32.4 Å². The topological polar surface area (TPSA) is 77.1 Å². The van der Waals surface area contributed by atoms with E-state index in [4.69, 9.17) is 14.2 Å². The molecular formula is C25H34N2O5S. The molecule has 1 aliphatic carbocycles. The molecule has 1 aromatic carbocycles. The molecule has 0 saturated heterocycles. The number of hydrogen-bond donors (Lipinski definition) is 1. The summed E-state index contributed by atoms with van der Waals surface area (Å²) in [5.41, 5.74) is 2.58. The molecule has 7 nitrogen and oxygen atoms in total. The van der Waals surface area contributed by atoms with E-state index >= 15 is 0 Å². The number of nitrogens with zero attached hydrogens (tertiary/aromatic N) is 1. The highest BCUT2D eigenvalue weighted by molar-refractivity contribution is 7.17. The van der Waals surface area contributed by atoms with E-state index in [0.29, 0.717) is 41.1 Å². The normalized spacial score (nSPS) is 16.2. The van der Waals surface area contributed by atoms with Crippen LogP contribution >= 0.6 is 11.3 Å². The number of carbonyl (C=O) groups excluding carboxylic acids is 2. The van der Waals surface area contributed by atoms with Crippen LogP contribution in [0.2, 0.25) is 0 Å². The van der Waals surface area contributed by atoms with Crippen molar-refractivity contribution in [3.8, 4) is 11.5 Å². The number of benzene rings is 1. The second-order valence-corrected chi connectivity index (χ2v) is 9.65. The Morgan fingerprint density at radius 3 is 2.64 bits per heavy atom. The van der Waals surface area contributed by atoms with E-state index < -0.39 is 6.04 Å². The van der Waals surface area contributed by atoms with E-state index in [9.17, 15) is 9.59 Å². The highest BCUT2D eigenvalue weighted by Crippen LogP contribution is 2.40. The number of amides is 1. The molecule has 0 aliphatic heterocycles. The summed E-state index contributed by atoms with van der Waals surface area (Å²) in [4.78, 5) is 29.0. The summed E-state index contributed by atoms with van der Waals surface area (Å²) >= 11 is 1.51. The Balaban J connectivity index is 1.75. The zero-order valence-electron chi connectivity index (χ0n) is 20.3. The predicted octanol–water partition coefficient (Wildman–Crippen LogP) is 4.53. The summed E-state index contributed by atoms with van der Waals surface area (Å²) in [7, 11) is 5.10. The van der Waals surface area contributed by atoms with E-state index in [1.807, 2.05) is 37.1 Å². The maximum Gasteiger partial charge on any atom is 0.341 e. The third kappa shape index (κ3) is 5.68. The minimum Gasteiger partial charge on any atom is -0.493 e. The zero-order chi connectivity index (χ0) is 24.1. The van der Waals surface area contributed by atoms with Crippen LogP contribution in [0.5, 0.6) is 11.5 Å². The summed E-state index contributed by atoms with van der Waals surface area (Å²) in [5, 5.41) is 3.62. The van der Waals surface area contributed by atoms with Crippen LogP contribution < -0.4 is 14.8 Å². The molecule has 33 heavy (non-hydrogen) atoms. The van der Waals surface area contributed by atoms with Gasteiger partial charge in [0.25, 0.3) is 0 Å². The van der Waals surface area contributed by atoms with Gasteiger partial charge in [0.15, 0.2) is 11.5 Å². The lowest BCUT2D eigenvalue weighted by Crippen LogP contribution is -2.39. The van der Waals surface area contributed by atoms with Crippen molar-refractivity contribution in [2.45, 2.75) is 52.6 Å². The highest BCUT2D eigenvalue weighted by atomic mass is 32.1. The van der Waals surface area contributed by atoms with Crippen molar-refractivity contribution in [1.82, 2.24) is 4.90 Å². The second-order valence-electron chi connectivity index (χ2n) is 8.55. The van der Waals surface area contributed by atoms with Crippen LogP contribution in [0.1, 0.15) is 53.6 Å². The number of anilines is 1. The number of methoxy groups -OCH3 is 2. The van der Waals surface area contributed by atoms with E-state index in [2.05, 4.69) is 12.2 Å². The van der Waals surface area contributed by atoms with Gasteiger partial charge in [-0.05, 0) is 69.3 Å². The standard InChI is InChI=1S/C25H34N2O5S/c1-7-32-25(29)22-18-10-8-15(2)12-21(18)33-24(22)26-23(28)16(3)27(4)14-17-9-11-19(30-5)20(13-17)31-6/h9,11,13,15-16H,7-8,10,12,14H2,1-6H3,(H,26,28)/t15-,16+/m0/s1. The summed E-state index contributed by atoms with van der Waals surface area (Å²) in [5.74, 6) is 1.37. The molecule has 0 spiro atoms. The number of fused-ring (bicyclic) bond motifs is 1. The van der Waals surface area contributed by atoms with Crippen molar-refractivity contribution in [1.29, 1.82) is 0 Å². The Hall–Kier alpha value is -2.58. The molecule has 0 fully saturated rings. The molecule has 1 heterocycles.